The lowest BCUT2D eigenvalue weighted by molar-refractivity contribution is 0.133. The molecule has 0 aromatic rings. The molecule has 1 unspecified atom stereocenters. The van der Waals surface area contributed by atoms with E-state index in [1.807, 2.05) is 0 Å². The van der Waals surface area contributed by atoms with Gasteiger partial charge in [-0.3, -0.25) is 4.90 Å². The van der Waals surface area contributed by atoms with Gasteiger partial charge in [0, 0.05) is 32.3 Å². The number of methoxy groups -OCH3 is 1. The van der Waals surface area contributed by atoms with E-state index in [0.29, 0.717) is 0 Å². The fourth-order valence-corrected chi connectivity index (χ4v) is 2.53. The molecule has 0 heterocycles. The van der Waals surface area contributed by atoms with Crippen molar-refractivity contribution >= 4 is 0 Å². The molecule has 0 aliphatic heterocycles. The average molecular weight is 240 g/mol. The van der Waals surface area contributed by atoms with Crippen molar-refractivity contribution < 1.29 is 4.74 Å². The maximum Gasteiger partial charge on any atom is 0.0589 e. The van der Waals surface area contributed by atoms with Crippen LogP contribution in [0.1, 0.15) is 39.0 Å². The second-order valence-electron chi connectivity index (χ2n) is 5.62. The molecule has 0 radical (unpaired) electrons. The minimum Gasteiger partial charge on any atom is -0.383 e. The van der Waals surface area contributed by atoms with E-state index in [-0.39, 0.29) is 0 Å². The Morgan fingerprint density at radius 3 is 2.59 bits per heavy atom. The summed E-state index contributed by atoms with van der Waals surface area (Å²) < 4.78 is 5.23. The molecule has 100 valence electrons. The standard InChI is InChI=1S/C14H28N2O/c1-3-8-15-14(12-4-5-12)11-16(9-10-17-2)13-6-7-13/h12-15H,3-11H2,1-2H3. The summed E-state index contributed by atoms with van der Waals surface area (Å²) in [5.41, 5.74) is 0. The molecule has 0 aromatic heterocycles. The van der Waals surface area contributed by atoms with Gasteiger partial charge in [0.1, 0.15) is 0 Å². The normalized spacial score (nSPS) is 22.1. The Labute approximate surface area is 106 Å². The summed E-state index contributed by atoms with van der Waals surface area (Å²) in [7, 11) is 1.80. The Morgan fingerprint density at radius 2 is 2.06 bits per heavy atom. The van der Waals surface area contributed by atoms with Crippen molar-refractivity contribution in [3.8, 4) is 0 Å². The van der Waals surface area contributed by atoms with Crippen LogP contribution in [0.15, 0.2) is 0 Å². The molecular formula is C14H28N2O. The van der Waals surface area contributed by atoms with Crippen molar-refractivity contribution in [3.63, 3.8) is 0 Å². The fraction of sp³-hybridized carbons (Fsp3) is 1.00. The molecule has 2 fully saturated rings. The third-order valence-electron chi connectivity index (χ3n) is 3.92. The number of nitrogens with zero attached hydrogens (tertiary/aromatic N) is 1. The van der Waals surface area contributed by atoms with Crippen LogP contribution >= 0.6 is 0 Å². The van der Waals surface area contributed by atoms with Gasteiger partial charge in [-0.2, -0.15) is 0 Å². The van der Waals surface area contributed by atoms with Gasteiger partial charge < -0.3 is 10.1 Å². The van der Waals surface area contributed by atoms with Gasteiger partial charge in [-0.1, -0.05) is 6.92 Å². The molecule has 2 aliphatic carbocycles. The van der Waals surface area contributed by atoms with E-state index < -0.39 is 0 Å². The minimum absolute atomic E-state index is 0.729. The maximum atomic E-state index is 5.23. The van der Waals surface area contributed by atoms with E-state index in [2.05, 4.69) is 17.1 Å². The predicted molar refractivity (Wildman–Crippen MR) is 71.3 cm³/mol. The predicted octanol–water partition coefficient (Wildman–Crippen LogP) is 1.88. The minimum atomic E-state index is 0.729. The molecule has 2 aliphatic rings. The lowest BCUT2D eigenvalue weighted by Crippen LogP contribution is -2.44. The van der Waals surface area contributed by atoms with Gasteiger partial charge >= 0.3 is 0 Å². The molecule has 0 bridgehead atoms. The summed E-state index contributed by atoms with van der Waals surface area (Å²) in [6.07, 6.45) is 6.91. The zero-order valence-electron chi connectivity index (χ0n) is 11.5. The van der Waals surface area contributed by atoms with Crippen LogP contribution in [0.25, 0.3) is 0 Å². The summed E-state index contributed by atoms with van der Waals surface area (Å²) in [5.74, 6) is 0.949. The first kappa shape index (κ1) is 13.3. The van der Waals surface area contributed by atoms with E-state index in [4.69, 9.17) is 4.74 Å². The van der Waals surface area contributed by atoms with Gasteiger partial charge in [-0.25, -0.2) is 0 Å². The first-order chi connectivity index (χ1) is 8.35. The monoisotopic (exact) mass is 240 g/mol. The molecule has 1 N–H and O–H groups in total. The second kappa shape index (κ2) is 6.72. The molecule has 0 aromatic carbocycles. The van der Waals surface area contributed by atoms with E-state index in [0.717, 1.165) is 31.2 Å². The summed E-state index contributed by atoms with van der Waals surface area (Å²) >= 11 is 0. The van der Waals surface area contributed by atoms with Gasteiger partial charge in [0.05, 0.1) is 6.61 Å². The number of nitrogens with one attached hydrogen (secondary N) is 1. The molecule has 17 heavy (non-hydrogen) atoms. The van der Waals surface area contributed by atoms with Crippen LogP contribution in [0.4, 0.5) is 0 Å². The maximum absolute atomic E-state index is 5.23. The van der Waals surface area contributed by atoms with Crippen molar-refractivity contribution in [1.29, 1.82) is 0 Å². The summed E-state index contributed by atoms with van der Waals surface area (Å²) in [5, 5.41) is 3.74. The fourth-order valence-electron chi connectivity index (χ4n) is 2.53. The molecule has 2 rings (SSSR count). The van der Waals surface area contributed by atoms with Crippen molar-refractivity contribution in [2.75, 3.05) is 33.4 Å². The average Bonchev–Trinajstić information content (AvgIpc) is 3.18. The summed E-state index contributed by atoms with van der Waals surface area (Å²) in [4.78, 5) is 2.65. The van der Waals surface area contributed by atoms with E-state index in [1.54, 1.807) is 7.11 Å². The Kier molecular flexibility index (Phi) is 5.26. The van der Waals surface area contributed by atoms with Crippen LogP contribution < -0.4 is 5.32 Å². The van der Waals surface area contributed by atoms with Crippen LogP contribution in [0.2, 0.25) is 0 Å². The highest BCUT2D eigenvalue weighted by molar-refractivity contribution is 4.92. The quantitative estimate of drug-likeness (QED) is 0.631. The van der Waals surface area contributed by atoms with Gasteiger partial charge in [0.2, 0.25) is 0 Å². The molecular weight excluding hydrogens is 212 g/mol. The van der Waals surface area contributed by atoms with Crippen LogP contribution in [0, 0.1) is 5.92 Å². The molecule has 0 saturated heterocycles. The van der Waals surface area contributed by atoms with E-state index in [1.165, 1.54) is 45.2 Å². The Balaban J connectivity index is 1.76. The Morgan fingerprint density at radius 1 is 1.29 bits per heavy atom. The number of hydrogen-bond donors (Lipinski definition) is 1. The van der Waals surface area contributed by atoms with Crippen LogP contribution in [-0.4, -0.2) is 50.3 Å². The summed E-state index contributed by atoms with van der Waals surface area (Å²) in [6.45, 7) is 6.64. The third kappa shape index (κ3) is 4.57. The smallest absolute Gasteiger partial charge is 0.0589 e. The van der Waals surface area contributed by atoms with Crippen LogP contribution in [-0.2, 0) is 4.74 Å². The zero-order chi connectivity index (χ0) is 12.1. The largest absolute Gasteiger partial charge is 0.383 e. The molecule has 1 atom stereocenters. The lowest BCUT2D eigenvalue weighted by atomic mass is 10.1. The van der Waals surface area contributed by atoms with Gasteiger partial charge in [0.25, 0.3) is 0 Å². The van der Waals surface area contributed by atoms with Crippen LogP contribution in [0.3, 0.4) is 0 Å². The van der Waals surface area contributed by atoms with Crippen molar-refractivity contribution in [2.24, 2.45) is 5.92 Å². The first-order valence-corrected chi connectivity index (χ1v) is 7.31. The zero-order valence-corrected chi connectivity index (χ0v) is 11.5. The van der Waals surface area contributed by atoms with Crippen molar-refractivity contribution in [2.45, 2.75) is 51.1 Å². The summed E-state index contributed by atoms with van der Waals surface area (Å²) in [6, 6.07) is 1.59. The third-order valence-corrected chi connectivity index (χ3v) is 3.92. The number of ether oxygens (including phenoxy) is 1. The van der Waals surface area contributed by atoms with E-state index in [9.17, 15) is 0 Å². The van der Waals surface area contributed by atoms with Crippen molar-refractivity contribution in [3.05, 3.63) is 0 Å². The van der Waals surface area contributed by atoms with Crippen molar-refractivity contribution in [1.82, 2.24) is 10.2 Å². The lowest BCUT2D eigenvalue weighted by Gasteiger charge is -2.28. The number of hydrogen-bond acceptors (Lipinski definition) is 3. The Bertz CT molecular complexity index is 192. The second-order valence-corrected chi connectivity index (χ2v) is 5.62. The topological polar surface area (TPSA) is 24.5 Å². The Hall–Kier alpha value is -0.120. The van der Waals surface area contributed by atoms with Gasteiger partial charge in [0.15, 0.2) is 0 Å². The molecule has 0 spiro atoms. The first-order valence-electron chi connectivity index (χ1n) is 7.31. The highest BCUT2D eigenvalue weighted by atomic mass is 16.5. The highest BCUT2D eigenvalue weighted by Crippen LogP contribution is 2.35. The van der Waals surface area contributed by atoms with Gasteiger partial charge in [-0.05, 0) is 44.6 Å². The van der Waals surface area contributed by atoms with E-state index >= 15 is 0 Å². The van der Waals surface area contributed by atoms with Crippen LogP contribution in [0.5, 0.6) is 0 Å². The molecule has 3 heteroatoms. The highest BCUT2D eigenvalue weighted by Gasteiger charge is 2.35. The molecule has 3 nitrogen and oxygen atoms in total. The number of rotatable bonds is 10. The SMILES string of the molecule is CCCNC(CN(CCOC)C1CC1)C1CC1. The van der Waals surface area contributed by atoms with Gasteiger partial charge in [-0.15, -0.1) is 0 Å². The molecule has 2 saturated carbocycles. The molecule has 0 amide bonds.